The highest BCUT2D eigenvalue weighted by molar-refractivity contribution is 7.99. The number of H-pyrrole nitrogens is 1. The number of carbonyl (C=O) groups is 2. The second-order valence-corrected chi connectivity index (χ2v) is 8.10. The van der Waals surface area contributed by atoms with Gasteiger partial charge in [-0.2, -0.15) is 0 Å². The first-order chi connectivity index (χ1) is 13.3. The van der Waals surface area contributed by atoms with E-state index in [-0.39, 0.29) is 30.8 Å². The molecule has 8 nitrogen and oxygen atoms in total. The van der Waals surface area contributed by atoms with Gasteiger partial charge in [0.15, 0.2) is 0 Å². The number of likely N-dealkylation sites (N-methyl/N-ethyl adjacent to an activating group) is 1. The van der Waals surface area contributed by atoms with E-state index in [0.29, 0.717) is 22.5 Å². The first kappa shape index (κ1) is 20.2. The Balaban J connectivity index is 1.78. The lowest BCUT2D eigenvalue weighted by Gasteiger charge is -2.29. The van der Waals surface area contributed by atoms with Crippen LogP contribution in [-0.4, -0.2) is 61.9 Å². The SMILES string of the molecule is CC(C)N(C)C(=O)C1CSCN1C(=O)CCn1c(=O)[nH]c(=O)c2ccccc21. The molecule has 1 aliphatic heterocycles. The zero-order valence-electron chi connectivity index (χ0n) is 16.2. The van der Waals surface area contributed by atoms with Crippen molar-refractivity contribution < 1.29 is 9.59 Å². The van der Waals surface area contributed by atoms with Crippen LogP contribution in [0.2, 0.25) is 0 Å². The number of nitrogens with one attached hydrogen (secondary N) is 1. The molecule has 0 spiro atoms. The van der Waals surface area contributed by atoms with Gasteiger partial charge < -0.3 is 9.80 Å². The minimum absolute atomic E-state index is 0.0566. The van der Waals surface area contributed by atoms with Crippen LogP contribution in [0.1, 0.15) is 20.3 Å². The number of thioether (sulfide) groups is 1. The van der Waals surface area contributed by atoms with Gasteiger partial charge in [0.2, 0.25) is 11.8 Å². The number of nitrogens with zero attached hydrogens (tertiary/aromatic N) is 3. The topological polar surface area (TPSA) is 95.5 Å². The lowest BCUT2D eigenvalue weighted by Crippen LogP contribution is -2.49. The van der Waals surface area contributed by atoms with Crippen LogP contribution < -0.4 is 11.2 Å². The number of carbonyl (C=O) groups excluding carboxylic acids is 2. The van der Waals surface area contributed by atoms with Crippen molar-refractivity contribution in [3.05, 3.63) is 45.1 Å². The van der Waals surface area contributed by atoms with Crippen LogP contribution in [0.15, 0.2) is 33.9 Å². The lowest BCUT2D eigenvalue weighted by molar-refractivity contribution is -0.143. The number of hydrogen-bond acceptors (Lipinski definition) is 5. The number of aryl methyl sites for hydroxylation is 1. The summed E-state index contributed by atoms with van der Waals surface area (Å²) in [5.74, 6) is 0.786. The predicted molar refractivity (Wildman–Crippen MR) is 109 cm³/mol. The molecular weight excluding hydrogens is 380 g/mol. The van der Waals surface area contributed by atoms with Gasteiger partial charge in [-0.15, -0.1) is 11.8 Å². The second-order valence-electron chi connectivity index (χ2n) is 7.10. The van der Waals surface area contributed by atoms with Crippen molar-refractivity contribution in [3.8, 4) is 0 Å². The van der Waals surface area contributed by atoms with E-state index in [0.717, 1.165) is 0 Å². The highest BCUT2D eigenvalue weighted by Gasteiger charge is 2.36. The normalized spacial score (nSPS) is 16.7. The van der Waals surface area contributed by atoms with Gasteiger partial charge in [0.05, 0.1) is 16.8 Å². The number of rotatable bonds is 5. The summed E-state index contributed by atoms with van der Waals surface area (Å²) < 4.78 is 1.40. The van der Waals surface area contributed by atoms with Gasteiger partial charge in [0.25, 0.3) is 5.56 Å². The van der Waals surface area contributed by atoms with Crippen LogP contribution in [0.25, 0.3) is 10.9 Å². The molecule has 0 aliphatic carbocycles. The molecule has 1 saturated heterocycles. The van der Waals surface area contributed by atoms with E-state index >= 15 is 0 Å². The molecule has 1 aliphatic rings. The maximum Gasteiger partial charge on any atom is 0.328 e. The van der Waals surface area contributed by atoms with Crippen LogP contribution in [0.5, 0.6) is 0 Å². The average molecular weight is 404 g/mol. The fourth-order valence-electron chi connectivity index (χ4n) is 3.20. The molecule has 1 unspecified atom stereocenters. The summed E-state index contributed by atoms with van der Waals surface area (Å²) in [6, 6.07) is 6.37. The third kappa shape index (κ3) is 3.84. The molecule has 0 radical (unpaired) electrons. The number of fused-ring (bicyclic) bond motifs is 1. The minimum Gasteiger partial charge on any atom is -0.342 e. The summed E-state index contributed by atoms with van der Waals surface area (Å²) in [5.41, 5.74) is -0.493. The Kier molecular flexibility index (Phi) is 5.93. The number of aromatic amines is 1. The second kappa shape index (κ2) is 8.22. The van der Waals surface area contributed by atoms with Crippen molar-refractivity contribution in [2.24, 2.45) is 0 Å². The van der Waals surface area contributed by atoms with Crippen LogP contribution >= 0.6 is 11.8 Å². The third-order valence-corrected chi connectivity index (χ3v) is 6.08. The summed E-state index contributed by atoms with van der Waals surface area (Å²) in [6.07, 6.45) is 0.0751. The Hall–Kier alpha value is -2.55. The molecule has 3 rings (SSSR count). The number of benzene rings is 1. The van der Waals surface area contributed by atoms with Crippen LogP contribution in [0, 0.1) is 0 Å². The fraction of sp³-hybridized carbons (Fsp3) is 0.474. The van der Waals surface area contributed by atoms with Gasteiger partial charge in [-0.05, 0) is 26.0 Å². The van der Waals surface area contributed by atoms with Crippen molar-refractivity contribution in [2.45, 2.75) is 38.9 Å². The largest absolute Gasteiger partial charge is 0.342 e. The molecule has 1 aromatic heterocycles. The molecule has 1 N–H and O–H groups in total. The quantitative estimate of drug-likeness (QED) is 0.797. The summed E-state index contributed by atoms with van der Waals surface area (Å²) in [4.78, 5) is 55.2. The van der Waals surface area contributed by atoms with E-state index in [9.17, 15) is 19.2 Å². The molecule has 28 heavy (non-hydrogen) atoms. The van der Waals surface area contributed by atoms with Crippen molar-refractivity contribution in [2.75, 3.05) is 18.7 Å². The molecule has 150 valence electrons. The summed E-state index contributed by atoms with van der Waals surface area (Å²) >= 11 is 1.55. The van der Waals surface area contributed by atoms with Gasteiger partial charge in [-0.3, -0.25) is 23.9 Å². The summed E-state index contributed by atoms with van der Waals surface area (Å²) in [7, 11) is 1.74. The number of aromatic nitrogens is 2. The minimum atomic E-state index is -0.542. The zero-order valence-corrected chi connectivity index (χ0v) is 17.0. The Bertz CT molecular complexity index is 1010. The van der Waals surface area contributed by atoms with Crippen molar-refractivity contribution in [1.29, 1.82) is 0 Å². The average Bonchev–Trinajstić information content (AvgIpc) is 3.16. The molecule has 1 aromatic carbocycles. The maximum atomic E-state index is 12.8. The van der Waals surface area contributed by atoms with Crippen LogP contribution in [-0.2, 0) is 16.1 Å². The van der Waals surface area contributed by atoms with Gasteiger partial charge in [0, 0.05) is 31.8 Å². The van der Waals surface area contributed by atoms with Crippen molar-refractivity contribution in [1.82, 2.24) is 19.4 Å². The van der Waals surface area contributed by atoms with Crippen molar-refractivity contribution in [3.63, 3.8) is 0 Å². The molecule has 0 bridgehead atoms. The van der Waals surface area contributed by atoms with E-state index < -0.39 is 17.3 Å². The van der Waals surface area contributed by atoms with Gasteiger partial charge in [-0.25, -0.2) is 4.79 Å². The Labute approximate surface area is 166 Å². The van der Waals surface area contributed by atoms with Crippen molar-refractivity contribution >= 4 is 34.5 Å². The monoisotopic (exact) mass is 404 g/mol. The summed E-state index contributed by atoms with van der Waals surface area (Å²) in [6.45, 7) is 4.00. The molecule has 9 heteroatoms. The van der Waals surface area contributed by atoms with Gasteiger partial charge in [0.1, 0.15) is 6.04 Å². The molecule has 1 fully saturated rings. The predicted octanol–water partition coefficient (Wildman–Crippen LogP) is 0.848. The fourth-order valence-corrected chi connectivity index (χ4v) is 4.37. The highest BCUT2D eigenvalue weighted by atomic mass is 32.2. The Morgan fingerprint density at radius 3 is 2.71 bits per heavy atom. The van der Waals surface area contributed by atoms with Crippen LogP contribution in [0.4, 0.5) is 0 Å². The Morgan fingerprint density at radius 2 is 2.00 bits per heavy atom. The van der Waals surface area contributed by atoms with E-state index in [1.165, 1.54) is 4.57 Å². The molecule has 1 atom stereocenters. The first-order valence-electron chi connectivity index (χ1n) is 9.17. The third-order valence-electron chi connectivity index (χ3n) is 5.06. The van der Waals surface area contributed by atoms with E-state index in [1.807, 2.05) is 13.8 Å². The molecule has 0 saturated carbocycles. The standard InChI is InChI=1S/C19H24N4O4S/c1-12(2)21(3)18(26)15-10-28-11-23(15)16(24)8-9-22-14-7-5-4-6-13(14)17(25)20-19(22)27/h4-7,12,15H,8-11H2,1-3H3,(H,20,25,27). The smallest absolute Gasteiger partial charge is 0.328 e. The molecule has 2 aromatic rings. The number of amides is 2. The molecular formula is C19H24N4O4S. The molecule has 2 amide bonds. The maximum absolute atomic E-state index is 12.8. The van der Waals surface area contributed by atoms with Crippen LogP contribution in [0.3, 0.4) is 0 Å². The number of hydrogen-bond donors (Lipinski definition) is 1. The lowest BCUT2D eigenvalue weighted by atomic mass is 10.2. The van der Waals surface area contributed by atoms with E-state index in [2.05, 4.69) is 4.98 Å². The summed E-state index contributed by atoms with van der Waals surface area (Å²) in [5, 5.41) is 0.401. The highest BCUT2D eigenvalue weighted by Crippen LogP contribution is 2.24. The van der Waals surface area contributed by atoms with E-state index in [4.69, 9.17) is 0 Å². The Morgan fingerprint density at radius 1 is 1.29 bits per heavy atom. The first-order valence-corrected chi connectivity index (χ1v) is 10.3. The molecule has 2 heterocycles. The number of para-hydroxylation sites is 1. The zero-order chi connectivity index (χ0) is 20.4. The van der Waals surface area contributed by atoms with Gasteiger partial charge >= 0.3 is 5.69 Å². The van der Waals surface area contributed by atoms with E-state index in [1.54, 1.807) is 52.9 Å². The van der Waals surface area contributed by atoms with Gasteiger partial charge in [-0.1, -0.05) is 12.1 Å².